The lowest BCUT2D eigenvalue weighted by Gasteiger charge is -2.10. The summed E-state index contributed by atoms with van der Waals surface area (Å²) >= 11 is 1.32. The van der Waals surface area contributed by atoms with Crippen LogP contribution in [0.5, 0.6) is 0 Å². The van der Waals surface area contributed by atoms with Gasteiger partial charge >= 0.3 is 0 Å². The maximum absolute atomic E-state index is 14.2. The van der Waals surface area contributed by atoms with Crippen LogP contribution >= 0.6 is 11.3 Å². The molecular weight excluding hydrogens is 395 g/mol. The molecule has 0 atom stereocenters. The number of carbonyl (C=O) groups excluding carboxylic acids is 2. The van der Waals surface area contributed by atoms with Crippen molar-refractivity contribution in [3.05, 3.63) is 82.6 Å². The molecule has 0 spiro atoms. The zero-order chi connectivity index (χ0) is 20.2. The second-order valence-corrected chi connectivity index (χ2v) is 6.83. The first kappa shape index (κ1) is 18.4. The number of tetrazole rings is 1. The van der Waals surface area contributed by atoms with Crippen molar-refractivity contribution in [2.75, 3.05) is 10.6 Å². The van der Waals surface area contributed by atoms with Gasteiger partial charge in [-0.1, -0.05) is 12.1 Å². The van der Waals surface area contributed by atoms with Crippen LogP contribution in [0.15, 0.2) is 66.3 Å². The molecule has 10 heteroatoms. The third-order valence-electron chi connectivity index (χ3n) is 3.94. The summed E-state index contributed by atoms with van der Waals surface area (Å²) in [6, 6.07) is 14.0. The molecule has 0 bridgehead atoms. The van der Waals surface area contributed by atoms with Crippen molar-refractivity contribution in [3.8, 4) is 5.69 Å². The molecule has 4 aromatic rings. The molecule has 2 heterocycles. The molecule has 2 N–H and O–H groups in total. The molecule has 2 aromatic carbocycles. The van der Waals surface area contributed by atoms with E-state index in [4.69, 9.17) is 0 Å². The minimum Gasteiger partial charge on any atom is -0.321 e. The fourth-order valence-electron chi connectivity index (χ4n) is 2.56. The highest BCUT2D eigenvalue weighted by atomic mass is 32.1. The Hall–Kier alpha value is -3.92. The molecule has 2 amide bonds. The lowest BCUT2D eigenvalue weighted by atomic mass is 10.1. The molecule has 4 rings (SSSR count). The van der Waals surface area contributed by atoms with E-state index in [9.17, 15) is 14.0 Å². The second kappa shape index (κ2) is 7.98. The fraction of sp³-hybridized carbons (Fsp3) is 0. The van der Waals surface area contributed by atoms with Crippen LogP contribution in [0.25, 0.3) is 5.69 Å². The molecule has 0 saturated heterocycles. The molecule has 0 radical (unpaired) electrons. The lowest BCUT2D eigenvalue weighted by molar-refractivity contribution is 0.101. The van der Waals surface area contributed by atoms with Crippen LogP contribution in [-0.2, 0) is 0 Å². The average Bonchev–Trinajstić information content (AvgIpc) is 3.44. The van der Waals surface area contributed by atoms with Gasteiger partial charge in [0.15, 0.2) is 0 Å². The molecule has 8 nitrogen and oxygen atoms in total. The van der Waals surface area contributed by atoms with E-state index in [1.807, 2.05) is 0 Å². The fourth-order valence-corrected chi connectivity index (χ4v) is 3.18. The van der Waals surface area contributed by atoms with E-state index in [1.54, 1.807) is 35.7 Å². The summed E-state index contributed by atoms with van der Waals surface area (Å²) in [5.74, 6) is -1.39. The monoisotopic (exact) mass is 408 g/mol. The van der Waals surface area contributed by atoms with Gasteiger partial charge in [0, 0.05) is 11.3 Å². The number of carbonyl (C=O) groups is 2. The summed E-state index contributed by atoms with van der Waals surface area (Å²) in [7, 11) is 0. The van der Waals surface area contributed by atoms with Crippen LogP contribution in [0.3, 0.4) is 0 Å². The minimum absolute atomic E-state index is 0.0176. The van der Waals surface area contributed by atoms with Crippen LogP contribution in [-0.4, -0.2) is 32.0 Å². The summed E-state index contributed by atoms with van der Waals surface area (Å²) < 4.78 is 15.5. The van der Waals surface area contributed by atoms with E-state index in [0.717, 1.165) is 0 Å². The quantitative estimate of drug-likeness (QED) is 0.527. The zero-order valence-electron chi connectivity index (χ0n) is 14.7. The van der Waals surface area contributed by atoms with Crippen LogP contribution < -0.4 is 10.6 Å². The predicted molar refractivity (Wildman–Crippen MR) is 106 cm³/mol. The van der Waals surface area contributed by atoms with Crippen molar-refractivity contribution in [1.82, 2.24) is 20.2 Å². The topological polar surface area (TPSA) is 102 Å². The van der Waals surface area contributed by atoms with Gasteiger partial charge in [0.25, 0.3) is 11.8 Å². The standard InChI is InChI=1S/C19H13FN6O2S/c20-15-7-6-14(26-11-21-24-25-26)10-16(15)23-18(27)12-3-1-4-13(9-12)22-19(28)17-5-2-8-29-17/h1-11H,(H,22,28)(H,23,27). The molecule has 0 unspecified atom stereocenters. The predicted octanol–water partition coefficient (Wildman–Crippen LogP) is 3.37. The Balaban J connectivity index is 1.52. The molecule has 29 heavy (non-hydrogen) atoms. The number of rotatable bonds is 5. The van der Waals surface area contributed by atoms with Gasteiger partial charge in [0.05, 0.1) is 16.3 Å². The molecular formula is C19H13FN6O2S. The smallest absolute Gasteiger partial charge is 0.265 e. The first-order valence-corrected chi connectivity index (χ1v) is 9.27. The Bertz CT molecular complexity index is 1160. The largest absolute Gasteiger partial charge is 0.321 e. The highest BCUT2D eigenvalue weighted by molar-refractivity contribution is 7.12. The number of hydrogen-bond donors (Lipinski definition) is 2. The number of amides is 2. The van der Waals surface area contributed by atoms with Gasteiger partial charge < -0.3 is 10.6 Å². The molecule has 144 valence electrons. The summed E-state index contributed by atoms with van der Waals surface area (Å²) in [5, 5.41) is 17.9. The molecule has 0 aliphatic carbocycles. The Morgan fingerprint density at radius 3 is 2.66 bits per heavy atom. The van der Waals surface area contributed by atoms with Crippen molar-refractivity contribution in [2.24, 2.45) is 0 Å². The van der Waals surface area contributed by atoms with E-state index in [0.29, 0.717) is 16.3 Å². The van der Waals surface area contributed by atoms with Gasteiger partial charge in [0.2, 0.25) is 0 Å². The highest BCUT2D eigenvalue weighted by Gasteiger charge is 2.13. The van der Waals surface area contributed by atoms with Crippen molar-refractivity contribution < 1.29 is 14.0 Å². The Kier molecular flexibility index (Phi) is 5.08. The van der Waals surface area contributed by atoms with Crippen molar-refractivity contribution in [2.45, 2.75) is 0 Å². The molecule has 2 aromatic heterocycles. The van der Waals surface area contributed by atoms with Crippen molar-refractivity contribution >= 4 is 34.5 Å². The van der Waals surface area contributed by atoms with E-state index >= 15 is 0 Å². The van der Waals surface area contributed by atoms with E-state index in [2.05, 4.69) is 26.2 Å². The summed E-state index contributed by atoms with van der Waals surface area (Å²) in [6.45, 7) is 0. The average molecular weight is 408 g/mol. The van der Waals surface area contributed by atoms with Gasteiger partial charge in [-0.2, -0.15) is 0 Å². The summed E-state index contributed by atoms with van der Waals surface area (Å²) in [4.78, 5) is 25.3. The van der Waals surface area contributed by atoms with Crippen molar-refractivity contribution in [1.29, 1.82) is 0 Å². The Morgan fingerprint density at radius 2 is 1.90 bits per heavy atom. The van der Waals surface area contributed by atoms with Gasteiger partial charge in [-0.05, 0) is 58.3 Å². The van der Waals surface area contributed by atoms with E-state index < -0.39 is 11.7 Å². The molecule has 0 aliphatic rings. The van der Waals surface area contributed by atoms with E-state index in [1.165, 1.54) is 46.6 Å². The number of anilines is 2. The number of thiophene rings is 1. The van der Waals surface area contributed by atoms with Gasteiger partial charge in [-0.15, -0.1) is 16.4 Å². The van der Waals surface area contributed by atoms with Crippen LogP contribution in [0.1, 0.15) is 20.0 Å². The Labute approximate surface area is 168 Å². The zero-order valence-corrected chi connectivity index (χ0v) is 15.6. The first-order valence-electron chi connectivity index (χ1n) is 8.39. The Morgan fingerprint density at radius 1 is 1.00 bits per heavy atom. The first-order chi connectivity index (χ1) is 14.1. The highest BCUT2D eigenvalue weighted by Crippen LogP contribution is 2.20. The van der Waals surface area contributed by atoms with Crippen LogP contribution in [0, 0.1) is 5.82 Å². The third kappa shape index (κ3) is 4.17. The van der Waals surface area contributed by atoms with Gasteiger partial charge in [-0.3, -0.25) is 9.59 Å². The summed E-state index contributed by atoms with van der Waals surface area (Å²) in [6.07, 6.45) is 1.36. The number of aromatic nitrogens is 4. The van der Waals surface area contributed by atoms with Crippen LogP contribution in [0.2, 0.25) is 0 Å². The minimum atomic E-state index is -0.600. The number of nitrogens with zero attached hydrogens (tertiary/aromatic N) is 4. The number of halogens is 1. The lowest BCUT2D eigenvalue weighted by Crippen LogP contribution is -2.15. The van der Waals surface area contributed by atoms with Gasteiger partial charge in [0.1, 0.15) is 12.1 Å². The molecule has 0 fully saturated rings. The number of nitrogens with one attached hydrogen (secondary N) is 2. The number of hydrogen-bond acceptors (Lipinski definition) is 6. The van der Waals surface area contributed by atoms with Gasteiger partial charge in [-0.25, -0.2) is 9.07 Å². The number of benzene rings is 2. The normalized spacial score (nSPS) is 10.5. The third-order valence-corrected chi connectivity index (χ3v) is 4.81. The SMILES string of the molecule is O=C(Nc1cc(-n2cnnn2)ccc1F)c1cccc(NC(=O)c2cccs2)c1. The summed E-state index contributed by atoms with van der Waals surface area (Å²) in [5.41, 5.74) is 1.19. The second-order valence-electron chi connectivity index (χ2n) is 5.88. The maximum Gasteiger partial charge on any atom is 0.265 e. The van der Waals surface area contributed by atoms with Crippen LogP contribution in [0.4, 0.5) is 15.8 Å². The van der Waals surface area contributed by atoms with E-state index in [-0.39, 0.29) is 17.2 Å². The molecule has 0 aliphatic heterocycles. The molecule has 0 saturated carbocycles. The maximum atomic E-state index is 14.2. The van der Waals surface area contributed by atoms with Crippen molar-refractivity contribution in [3.63, 3.8) is 0 Å².